The van der Waals surface area contributed by atoms with Gasteiger partial charge in [-0.1, -0.05) is 29.8 Å². The largest absolute Gasteiger partial charge is 0.579 e. The van der Waals surface area contributed by atoms with Gasteiger partial charge >= 0.3 is 0 Å². The van der Waals surface area contributed by atoms with E-state index in [9.17, 15) is 0 Å². The van der Waals surface area contributed by atoms with Gasteiger partial charge in [0.25, 0.3) is 0 Å². The molecule has 0 fully saturated rings. The normalized spacial score (nSPS) is 8.25. The summed E-state index contributed by atoms with van der Waals surface area (Å²) in [6, 6.07) is 1.94. The molecule has 2 aromatic rings. The second-order valence-corrected chi connectivity index (χ2v) is 4.44. The zero-order valence-electron chi connectivity index (χ0n) is 9.98. The summed E-state index contributed by atoms with van der Waals surface area (Å²) in [6.45, 7) is 7.85. The smallest absolute Gasteiger partial charge is 0.0131 e. The van der Waals surface area contributed by atoms with E-state index in [0.29, 0.717) is 0 Å². The predicted molar refractivity (Wildman–Crippen MR) is 57.5 cm³/mol. The number of aryl methyl sites for hydroxylation is 4. The van der Waals surface area contributed by atoms with Crippen LogP contribution in [0.25, 0.3) is 0 Å². The van der Waals surface area contributed by atoms with E-state index >= 15 is 0 Å². The third kappa shape index (κ3) is 8.18. The zero-order chi connectivity index (χ0) is 10.6. The van der Waals surface area contributed by atoms with Crippen molar-refractivity contribution in [2.75, 3.05) is 0 Å². The Hall–Kier alpha value is 1.05. The molecule has 0 bridgehead atoms. The summed E-state index contributed by atoms with van der Waals surface area (Å²) >= 11 is 1.68. The van der Waals surface area contributed by atoms with Gasteiger partial charge in [0.15, 0.2) is 0 Å². The van der Waals surface area contributed by atoms with Crippen LogP contribution in [0.15, 0.2) is 6.07 Å². The Balaban J connectivity index is 0. The first-order chi connectivity index (χ1) is 6.58. The van der Waals surface area contributed by atoms with Gasteiger partial charge in [0.2, 0.25) is 0 Å². The van der Waals surface area contributed by atoms with Crippen LogP contribution >= 0.6 is 11.3 Å². The van der Waals surface area contributed by atoms with Gasteiger partial charge in [0.05, 0.1) is 0 Å². The molecule has 0 N–H and O–H groups in total. The zero-order valence-corrected chi connectivity index (χ0v) is 16.5. The number of nitrogens with zero attached hydrogens (tertiary/aromatic N) is 3. The maximum absolute atomic E-state index is 3.91. The molecule has 0 aliphatic heterocycles. The molecule has 0 amide bonds. The summed E-state index contributed by atoms with van der Waals surface area (Å²) < 4.78 is 0. The SMILES string of the molecule is Cc1[c-]nc(C)s1.Cc1cc(C)[n-]n1.[Y].[Y]. The minimum Gasteiger partial charge on any atom is -0.579 e. The molecule has 3 nitrogen and oxygen atoms in total. The molecule has 6 heteroatoms. The van der Waals surface area contributed by atoms with Gasteiger partial charge < -0.3 is 15.2 Å². The standard InChI is InChI=1S/C5H7N2.C5H6NS.2Y/c1-4-3-5(2)7-6-4;1-4-3-6-5(2)7-4;;/h3H,1-2H3;1-2H3;;/q2*-1;;. The minimum absolute atomic E-state index is 0. The minimum atomic E-state index is 0. The van der Waals surface area contributed by atoms with E-state index in [1.807, 2.05) is 33.8 Å². The number of thiazole rings is 1. The second-order valence-electron chi connectivity index (χ2n) is 3.03. The number of aromatic nitrogens is 3. The van der Waals surface area contributed by atoms with Gasteiger partial charge in [0.1, 0.15) is 0 Å². The molecule has 2 radical (unpaired) electrons. The van der Waals surface area contributed by atoms with Gasteiger partial charge in [-0.25, -0.2) is 11.3 Å². The van der Waals surface area contributed by atoms with Crippen LogP contribution in [0, 0.1) is 33.9 Å². The van der Waals surface area contributed by atoms with Gasteiger partial charge in [-0.15, -0.1) is 11.9 Å². The third-order valence-corrected chi connectivity index (χ3v) is 2.24. The molecule has 0 aliphatic rings. The summed E-state index contributed by atoms with van der Waals surface area (Å²) in [5, 5.41) is 8.63. The fourth-order valence-electron chi connectivity index (χ4n) is 0.942. The van der Waals surface area contributed by atoms with Crippen molar-refractivity contribution in [3.8, 4) is 0 Å². The molecule has 0 spiro atoms. The van der Waals surface area contributed by atoms with Gasteiger partial charge in [-0.05, 0) is 13.8 Å². The molecule has 0 aliphatic carbocycles. The number of rotatable bonds is 0. The van der Waals surface area contributed by atoms with Crippen molar-refractivity contribution < 1.29 is 65.4 Å². The quantitative estimate of drug-likeness (QED) is 0.653. The van der Waals surface area contributed by atoms with Crippen LogP contribution in [-0.4, -0.2) is 10.1 Å². The molecule has 2 aromatic heterocycles. The summed E-state index contributed by atoms with van der Waals surface area (Å²) in [4.78, 5) is 5.07. The Bertz CT molecular complexity index is 327. The molecule has 0 aromatic carbocycles. The first-order valence-electron chi connectivity index (χ1n) is 4.33. The average molecular weight is 385 g/mol. The maximum atomic E-state index is 3.91. The van der Waals surface area contributed by atoms with E-state index in [0.717, 1.165) is 21.3 Å². The van der Waals surface area contributed by atoms with Crippen LogP contribution in [-0.2, 0) is 65.4 Å². The third-order valence-electron chi connectivity index (χ3n) is 1.45. The summed E-state index contributed by atoms with van der Waals surface area (Å²) in [5.41, 5.74) is 2.00. The van der Waals surface area contributed by atoms with Crippen LogP contribution in [0.4, 0.5) is 0 Å². The van der Waals surface area contributed by atoms with Crippen molar-refractivity contribution in [2.24, 2.45) is 0 Å². The van der Waals surface area contributed by atoms with Crippen molar-refractivity contribution in [3.05, 3.63) is 33.5 Å². The Morgan fingerprint density at radius 2 is 1.81 bits per heavy atom. The fourth-order valence-corrected chi connectivity index (χ4v) is 1.57. The molecule has 0 saturated carbocycles. The predicted octanol–water partition coefficient (Wildman–Crippen LogP) is 2.21. The average Bonchev–Trinajstić information content (AvgIpc) is 2.63. The van der Waals surface area contributed by atoms with Crippen LogP contribution in [0.1, 0.15) is 21.3 Å². The van der Waals surface area contributed by atoms with Crippen LogP contribution in [0.3, 0.4) is 0 Å². The molecule has 2 heterocycles. The second kappa shape index (κ2) is 10.0. The summed E-state index contributed by atoms with van der Waals surface area (Å²) in [7, 11) is 0. The molecule has 2 rings (SSSR count). The summed E-state index contributed by atoms with van der Waals surface area (Å²) in [5.74, 6) is 0. The fraction of sp³-hybridized carbons (Fsp3) is 0.400. The van der Waals surface area contributed by atoms with Crippen molar-refractivity contribution in [2.45, 2.75) is 27.7 Å². The molecule has 82 valence electrons. The number of hydrogen-bond donors (Lipinski definition) is 0. The van der Waals surface area contributed by atoms with Crippen LogP contribution < -0.4 is 5.10 Å². The van der Waals surface area contributed by atoms with E-state index in [1.165, 1.54) is 0 Å². The van der Waals surface area contributed by atoms with Crippen molar-refractivity contribution in [3.63, 3.8) is 0 Å². The van der Waals surface area contributed by atoms with Crippen LogP contribution in [0.2, 0.25) is 0 Å². The van der Waals surface area contributed by atoms with Crippen LogP contribution in [0.5, 0.6) is 0 Å². The molecular formula is C10H13N3SY2-2. The Morgan fingerprint density at radius 1 is 1.19 bits per heavy atom. The monoisotopic (exact) mass is 385 g/mol. The van der Waals surface area contributed by atoms with E-state index in [4.69, 9.17) is 0 Å². The Kier molecular flexibility index (Phi) is 12.1. The van der Waals surface area contributed by atoms with Gasteiger partial charge in [-0.3, -0.25) is 0 Å². The summed E-state index contributed by atoms with van der Waals surface area (Å²) in [6.07, 6.45) is 2.84. The van der Waals surface area contributed by atoms with Crippen molar-refractivity contribution >= 4 is 11.3 Å². The van der Waals surface area contributed by atoms with Crippen molar-refractivity contribution in [1.29, 1.82) is 0 Å². The first-order valence-corrected chi connectivity index (χ1v) is 5.15. The van der Waals surface area contributed by atoms with E-state index in [1.54, 1.807) is 11.3 Å². The molecule has 0 saturated heterocycles. The van der Waals surface area contributed by atoms with Gasteiger partial charge in [0, 0.05) is 71.1 Å². The van der Waals surface area contributed by atoms with E-state index < -0.39 is 0 Å². The Morgan fingerprint density at radius 3 is 1.94 bits per heavy atom. The van der Waals surface area contributed by atoms with E-state index in [-0.39, 0.29) is 65.4 Å². The molecule has 0 unspecified atom stereocenters. The molecular weight excluding hydrogens is 372 g/mol. The molecule has 0 atom stereocenters. The number of hydrogen-bond acceptors (Lipinski definition) is 3. The topological polar surface area (TPSA) is 39.9 Å². The van der Waals surface area contributed by atoms with Gasteiger partial charge in [-0.2, -0.15) is 0 Å². The van der Waals surface area contributed by atoms with E-state index in [2.05, 4.69) is 21.4 Å². The first kappa shape index (κ1) is 19.4. The van der Waals surface area contributed by atoms with Crippen molar-refractivity contribution in [1.82, 2.24) is 15.2 Å². The Labute approximate surface area is 151 Å². The molecule has 16 heavy (non-hydrogen) atoms. The maximum Gasteiger partial charge on any atom is 0.0131 e.